The molecule has 0 aliphatic carbocycles. The van der Waals surface area contributed by atoms with Crippen LogP contribution in [-0.2, 0) is 0 Å². The fourth-order valence-electron chi connectivity index (χ4n) is 3.11. The minimum absolute atomic E-state index is 0.0492. The fourth-order valence-corrected chi connectivity index (χ4v) is 4.07. The van der Waals surface area contributed by atoms with Gasteiger partial charge in [-0.25, -0.2) is 4.98 Å². The van der Waals surface area contributed by atoms with Crippen LogP contribution in [-0.4, -0.2) is 9.55 Å². The van der Waals surface area contributed by atoms with Gasteiger partial charge in [0, 0.05) is 15.3 Å². The predicted octanol–water partition coefficient (Wildman–Crippen LogP) is 5.89. The topological polar surface area (TPSA) is 34.9 Å². The number of hydrogen-bond acceptors (Lipinski definition) is 3. The Bertz CT molecular complexity index is 1240. The van der Waals surface area contributed by atoms with E-state index in [1.165, 1.54) is 0 Å². The second-order valence-electron chi connectivity index (χ2n) is 6.30. The first-order chi connectivity index (χ1) is 13.1. The summed E-state index contributed by atoms with van der Waals surface area (Å²) in [7, 11) is 0. The van der Waals surface area contributed by atoms with Crippen LogP contribution in [0.1, 0.15) is 21.8 Å². The third kappa shape index (κ3) is 3.22. The van der Waals surface area contributed by atoms with Gasteiger partial charge in [0.05, 0.1) is 16.6 Å². The van der Waals surface area contributed by atoms with Gasteiger partial charge in [-0.2, -0.15) is 0 Å². The molecule has 0 saturated heterocycles. The maximum atomic E-state index is 13.3. The molecule has 4 aromatic rings. The van der Waals surface area contributed by atoms with Gasteiger partial charge in [-0.1, -0.05) is 48.0 Å². The maximum absolute atomic E-state index is 13.3. The zero-order valence-electron chi connectivity index (χ0n) is 14.9. The van der Waals surface area contributed by atoms with Crippen LogP contribution in [0.4, 0.5) is 0 Å². The van der Waals surface area contributed by atoms with E-state index < -0.39 is 0 Å². The third-order valence-electron chi connectivity index (χ3n) is 4.51. The summed E-state index contributed by atoms with van der Waals surface area (Å²) in [4.78, 5) is 19.1. The molecule has 0 fully saturated rings. The fraction of sp³-hybridized carbons (Fsp3) is 0.0909. The summed E-state index contributed by atoms with van der Waals surface area (Å²) in [6.07, 6.45) is 3.74. The highest BCUT2D eigenvalue weighted by Crippen LogP contribution is 2.24. The van der Waals surface area contributed by atoms with Gasteiger partial charge < -0.3 is 0 Å². The highest BCUT2D eigenvalue weighted by Gasteiger charge is 2.15. The second kappa shape index (κ2) is 7.14. The quantitative estimate of drug-likeness (QED) is 0.435. The second-order valence-corrected chi connectivity index (χ2v) is 7.80. The highest BCUT2D eigenvalue weighted by atomic mass is 35.5. The van der Waals surface area contributed by atoms with Crippen LogP contribution in [0.5, 0.6) is 0 Å². The molecule has 0 aliphatic heterocycles. The first-order valence-corrected chi connectivity index (χ1v) is 9.81. The van der Waals surface area contributed by atoms with Gasteiger partial charge in [0.2, 0.25) is 0 Å². The van der Waals surface area contributed by atoms with Crippen molar-refractivity contribution in [1.82, 2.24) is 9.55 Å². The SMILES string of the molecule is Cc1ccccc1-n1c(C=Cc2ccccc2Cl)nc2csc(C)c2c1=O. The average Bonchev–Trinajstić information content (AvgIpc) is 3.03. The summed E-state index contributed by atoms with van der Waals surface area (Å²) in [5.41, 5.74) is 3.41. The number of rotatable bonds is 3. The van der Waals surface area contributed by atoms with E-state index in [0.717, 1.165) is 27.2 Å². The summed E-state index contributed by atoms with van der Waals surface area (Å²) in [5.74, 6) is 0.583. The van der Waals surface area contributed by atoms with Crippen molar-refractivity contribution in [3.8, 4) is 5.69 Å². The van der Waals surface area contributed by atoms with Crippen molar-refractivity contribution in [3.63, 3.8) is 0 Å². The summed E-state index contributed by atoms with van der Waals surface area (Å²) in [6, 6.07) is 15.4. The Morgan fingerprint density at radius 2 is 1.78 bits per heavy atom. The number of fused-ring (bicyclic) bond motifs is 1. The molecule has 0 spiro atoms. The molecule has 2 heterocycles. The molecule has 2 aromatic heterocycles. The van der Waals surface area contributed by atoms with Crippen molar-refractivity contribution < 1.29 is 0 Å². The highest BCUT2D eigenvalue weighted by molar-refractivity contribution is 7.11. The smallest absolute Gasteiger partial charge is 0.267 e. The minimum atomic E-state index is -0.0492. The van der Waals surface area contributed by atoms with Crippen LogP contribution in [0.3, 0.4) is 0 Å². The molecule has 2 aromatic carbocycles. The number of benzene rings is 2. The Morgan fingerprint density at radius 3 is 2.56 bits per heavy atom. The minimum Gasteiger partial charge on any atom is -0.268 e. The molecule has 5 heteroatoms. The van der Waals surface area contributed by atoms with Crippen LogP contribution in [0.2, 0.25) is 5.02 Å². The molecular weight excluding hydrogens is 376 g/mol. The normalized spacial score (nSPS) is 11.5. The average molecular weight is 393 g/mol. The number of para-hydroxylation sites is 1. The summed E-state index contributed by atoms with van der Waals surface area (Å²) < 4.78 is 1.69. The van der Waals surface area contributed by atoms with Crippen molar-refractivity contribution >= 4 is 46.0 Å². The van der Waals surface area contributed by atoms with Gasteiger partial charge in [0.25, 0.3) is 5.56 Å². The van der Waals surface area contributed by atoms with Crippen molar-refractivity contribution in [2.75, 3.05) is 0 Å². The lowest BCUT2D eigenvalue weighted by Crippen LogP contribution is -2.23. The zero-order valence-corrected chi connectivity index (χ0v) is 16.5. The molecule has 27 heavy (non-hydrogen) atoms. The lowest BCUT2D eigenvalue weighted by molar-refractivity contribution is 0.935. The molecule has 0 amide bonds. The van der Waals surface area contributed by atoms with E-state index in [4.69, 9.17) is 16.6 Å². The van der Waals surface area contributed by atoms with Crippen molar-refractivity contribution in [2.24, 2.45) is 0 Å². The molecule has 0 bridgehead atoms. The Labute approximate surface area is 166 Å². The number of thiophene rings is 1. The molecular formula is C22H17ClN2OS. The van der Waals surface area contributed by atoms with Gasteiger partial charge in [-0.3, -0.25) is 9.36 Å². The van der Waals surface area contributed by atoms with E-state index in [1.807, 2.05) is 79.9 Å². The molecule has 0 saturated carbocycles. The molecule has 0 N–H and O–H groups in total. The van der Waals surface area contributed by atoms with Gasteiger partial charge in [0.1, 0.15) is 5.82 Å². The van der Waals surface area contributed by atoms with E-state index in [1.54, 1.807) is 15.9 Å². The number of nitrogens with zero attached hydrogens (tertiary/aromatic N) is 2. The van der Waals surface area contributed by atoms with E-state index >= 15 is 0 Å². The molecule has 4 rings (SSSR count). The molecule has 0 radical (unpaired) electrons. The maximum Gasteiger partial charge on any atom is 0.267 e. The van der Waals surface area contributed by atoms with E-state index in [2.05, 4.69) is 0 Å². The Balaban J connectivity index is 1.99. The van der Waals surface area contributed by atoms with Gasteiger partial charge >= 0.3 is 0 Å². The summed E-state index contributed by atoms with van der Waals surface area (Å²) in [6.45, 7) is 3.95. The Morgan fingerprint density at radius 1 is 1.04 bits per heavy atom. The molecule has 3 nitrogen and oxygen atoms in total. The van der Waals surface area contributed by atoms with Gasteiger partial charge in [0.15, 0.2) is 0 Å². The number of hydrogen-bond donors (Lipinski definition) is 0. The number of halogens is 1. The molecule has 0 unspecified atom stereocenters. The number of aromatic nitrogens is 2. The zero-order chi connectivity index (χ0) is 19.0. The van der Waals surface area contributed by atoms with E-state index in [0.29, 0.717) is 16.2 Å². The lowest BCUT2D eigenvalue weighted by Gasteiger charge is -2.13. The summed E-state index contributed by atoms with van der Waals surface area (Å²) >= 11 is 7.81. The van der Waals surface area contributed by atoms with Crippen molar-refractivity contribution in [1.29, 1.82) is 0 Å². The largest absolute Gasteiger partial charge is 0.268 e. The molecule has 0 aliphatic rings. The Kier molecular flexibility index (Phi) is 4.68. The predicted molar refractivity (Wildman–Crippen MR) is 115 cm³/mol. The Hall–Kier alpha value is -2.69. The lowest BCUT2D eigenvalue weighted by atomic mass is 10.1. The third-order valence-corrected chi connectivity index (χ3v) is 5.75. The molecule has 134 valence electrons. The summed E-state index contributed by atoms with van der Waals surface area (Å²) in [5, 5.41) is 3.27. The standard InChI is InChI=1S/C22H17ClN2OS/c1-14-7-3-6-10-19(14)25-20(12-11-16-8-4-5-9-17(16)23)24-18-13-27-15(2)21(18)22(25)26/h3-13H,1-2H3. The van der Waals surface area contributed by atoms with Crippen LogP contribution in [0.15, 0.2) is 58.7 Å². The first kappa shape index (κ1) is 17.7. The van der Waals surface area contributed by atoms with Gasteiger partial charge in [-0.05, 0) is 49.3 Å². The first-order valence-electron chi connectivity index (χ1n) is 8.56. The van der Waals surface area contributed by atoms with Crippen LogP contribution < -0.4 is 5.56 Å². The van der Waals surface area contributed by atoms with Gasteiger partial charge in [-0.15, -0.1) is 11.3 Å². The van der Waals surface area contributed by atoms with Crippen molar-refractivity contribution in [3.05, 3.63) is 91.1 Å². The van der Waals surface area contributed by atoms with E-state index in [9.17, 15) is 4.79 Å². The monoisotopic (exact) mass is 392 g/mol. The number of aryl methyl sites for hydroxylation is 2. The van der Waals surface area contributed by atoms with Crippen LogP contribution in [0.25, 0.3) is 28.7 Å². The van der Waals surface area contributed by atoms with Crippen molar-refractivity contribution in [2.45, 2.75) is 13.8 Å². The van der Waals surface area contributed by atoms with E-state index in [-0.39, 0.29) is 5.56 Å². The van der Waals surface area contributed by atoms with Crippen LogP contribution in [0, 0.1) is 13.8 Å². The molecule has 0 atom stereocenters. The van der Waals surface area contributed by atoms with Crippen LogP contribution >= 0.6 is 22.9 Å².